The van der Waals surface area contributed by atoms with Gasteiger partial charge in [0.15, 0.2) is 0 Å². The first-order chi connectivity index (χ1) is 2.81. The average Bonchev–Trinajstić information content (AvgIpc) is 1.65. The highest BCUT2D eigenvalue weighted by Crippen LogP contribution is 2.30. The predicted molar refractivity (Wildman–Crippen MR) is 20.8 cm³/mol. The van der Waals surface area contributed by atoms with Gasteiger partial charge in [-0.3, -0.25) is 0 Å². The van der Waals surface area contributed by atoms with Crippen LogP contribution in [0.25, 0.3) is 0 Å². The minimum atomic E-state index is -2.30. The van der Waals surface area contributed by atoms with Gasteiger partial charge in [0.25, 0.3) is 0 Å². The Morgan fingerprint density at radius 3 is 1.67 bits per heavy atom. The Kier molecular flexibility index (Phi) is 4.66. The van der Waals surface area contributed by atoms with Crippen LogP contribution >= 0.6 is 32.3 Å². The monoisotopic (exact) mass is 149 g/mol. The van der Waals surface area contributed by atoms with Gasteiger partial charge in [0.1, 0.15) is 8.60 Å². The van der Waals surface area contributed by atoms with Crippen LogP contribution < -0.4 is 4.89 Å². The first-order valence-electron chi connectivity index (χ1n) is 0.856. The van der Waals surface area contributed by atoms with Crippen molar-refractivity contribution in [3.05, 3.63) is 0 Å². The lowest BCUT2D eigenvalue weighted by Gasteiger charge is -2.08. The molecule has 0 aliphatic carbocycles. The summed E-state index contributed by atoms with van der Waals surface area (Å²) < 4.78 is 7.05. The molecular formula is Cl2O3P-. The van der Waals surface area contributed by atoms with Gasteiger partial charge in [0.05, 0.1) is 23.7 Å². The fraction of sp³-hybridized carbons (Fsp3) is 0. The summed E-state index contributed by atoms with van der Waals surface area (Å²) in [5.41, 5.74) is 0. The molecule has 38 valence electrons. The Morgan fingerprint density at radius 1 is 1.33 bits per heavy atom. The smallest absolute Gasteiger partial charge is 0.134 e. The zero-order valence-corrected chi connectivity index (χ0v) is 4.83. The second-order valence-corrected chi connectivity index (χ2v) is 1.91. The van der Waals surface area contributed by atoms with Gasteiger partial charge in [-0.2, -0.15) is 0 Å². The van der Waals surface area contributed by atoms with E-state index in [9.17, 15) is 4.89 Å². The Morgan fingerprint density at radius 2 is 1.67 bits per heavy atom. The first-order valence-corrected chi connectivity index (χ1v) is 2.57. The molecule has 0 atom stereocenters. The third-order valence-corrected chi connectivity index (χ3v) is 1.01. The van der Waals surface area contributed by atoms with Gasteiger partial charge in [0.2, 0.25) is 0 Å². The van der Waals surface area contributed by atoms with Crippen molar-refractivity contribution in [2.45, 2.75) is 0 Å². The third kappa shape index (κ3) is 3.09. The van der Waals surface area contributed by atoms with E-state index in [1.165, 1.54) is 0 Å². The molecule has 0 aromatic rings. The normalized spacial score (nSPS) is 10.0. The van der Waals surface area contributed by atoms with E-state index in [1.54, 1.807) is 0 Å². The van der Waals surface area contributed by atoms with Gasteiger partial charge in [0, 0.05) is 0 Å². The first kappa shape index (κ1) is 6.89. The largest absolute Gasteiger partial charge is 0.783 e. The van der Waals surface area contributed by atoms with E-state index < -0.39 is 8.60 Å². The SMILES string of the molecule is [O-]P(OCl)OCl. The van der Waals surface area contributed by atoms with Gasteiger partial charge < -0.3 is 4.89 Å². The molecule has 0 rings (SSSR count). The van der Waals surface area contributed by atoms with Crippen LogP contribution in [0.4, 0.5) is 0 Å². The van der Waals surface area contributed by atoms with Gasteiger partial charge in [-0.1, -0.05) is 0 Å². The predicted octanol–water partition coefficient (Wildman–Crippen LogP) is 0.914. The van der Waals surface area contributed by atoms with Gasteiger partial charge in [-0.05, 0) is 0 Å². The molecule has 0 amide bonds. The molecule has 0 aromatic heterocycles. The molecule has 0 bridgehead atoms. The van der Waals surface area contributed by atoms with Crippen molar-refractivity contribution in [2.24, 2.45) is 0 Å². The fourth-order valence-electron chi connectivity index (χ4n) is 0.0106. The van der Waals surface area contributed by atoms with Crippen molar-refractivity contribution >= 4 is 32.3 Å². The highest BCUT2D eigenvalue weighted by Gasteiger charge is 1.84. The van der Waals surface area contributed by atoms with Gasteiger partial charge in [-0.25, -0.2) is 8.15 Å². The van der Waals surface area contributed by atoms with Crippen molar-refractivity contribution < 1.29 is 13.0 Å². The van der Waals surface area contributed by atoms with Crippen molar-refractivity contribution in [2.75, 3.05) is 0 Å². The summed E-state index contributed by atoms with van der Waals surface area (Å²) in [4.78, 5) is 9.62. The minimum Gasteiger partial charge on any atom is -0.783 e. The van der Waals surface area contributed by atoms with Crippen LogP contribution in [0.2, 0.25) is 0 Å². The lowest BCUT2D eigenvalue weighted by Crippen LogP contribution is -1.91. The van der Waals surface area contributed by atoms with Crippen LogP contribution in [0.3, 0.4) is 0 Å². The maximum Gasteiger partial charge on any atom is 0.134 e. The van der Waals surface area contributed by atoms with Gasteiger partial charge in [-0.15, -0.1) is 0 Å². The molecule has 0 fully saturated rings. The Balaban J connectivity index is 2.75. The maximum absolute atomic E-state index is 9.62. The molecule has 0 radical (unpaired) electrons. The molecule has 0 saturated carbocycles. The highest BCUT2D eigenvalue weighted by molar-refractivity contribution is 7.41. The molecule has 3 nitrogen and oxygen atoms in total. The summed E-state index contributed by atoms with van der Waals surface area (Å²) >= 11 is 8.92. The Labute approximate surface area is 46.1 Å². The molecule has 0 heterocycles. The number of halogens is 2. The highest BCUT2D eigenvalue weighted by atomic mass is 35.5. The summed E-state index contributed by atoms with van der Waals surface area (Å²) in [6.07, 6.45) is 0. The summed E-state index contributed by atoms with van der Waals surface area (Å²) in [7, 11) is -2.30. The lowest BCUT2D eigenvalue weighted by atomic mass is 15.8. The molecule has 0 aromatic carbocycles. The van der Waals surface area contributed by atoms with Crippen LogP contribution in [0.1, 0.15) is 0 Å². The van der Waals surface area contributed by atoms with Gasteiger partial charge >= 0.3 is 0 Å². The van der Waals surface area contributed by atoms with E-state index >= 15 is 0 Å². The number of rotatable bonds is 2. The average molecular weight is 150 g/mol. The topological polar surface area (TPSA) is 41.5 Å². The summed E-state index contributed by atoms with van der Waals surface area (Å²) in [5, 5.41) is 0. The standard InChI is InChI=1S/Cl2O3P/c1-4-6(3)5-2/q-1. The van der Waals surface area contributed by atoms with E-state index in [2.05, 4.69) is 31.9 Å². The molecular weight excluding hydrogens is 150 g/mol. The molecule has 0 aliphatic rings. The minimum absolute atomic E-state index is 2.30. The summed E-state index contributed by atoms with van der Waals surface area (Å²) in [6, 6.07) is 0. The molecule has 6 heavy (non-hydrogen) atoms. The molecule has 0 N–H and O–H groups in total. The van der Waals surface area contributed by atoms with Crippen molar-refractivity contribution in [3.63, 3.8) is 0 Å². The lowest BCUT2D eigenvalue weighted by molar-refractivity contribution is -0.188. The zero-order valence-electron chi connectivity index (χ0n) is 2.43. The molecule has 6 heteroatoms. The summed E-state index contributed by atoms with van der Waals surface area (Å²) in [6.45, 7) is 0. The second-order valence-electron chi connectivity index (χ2n) is 0.362. The van der Waals surface area contributed by atoms with Crippen molar-refractivity contribution in [3.8, 4) is 0 Å². The molecule has 0 spiro atoms. The number of hydrogen-bond donors (Lipinski definition) is 0. The number of hydrogen-bond acceptors (Lipinski definition) is 3. The van der Waals surface area contributed by atoms with Crippen LogP contribution in [-0.2, 0) is 8.15 Å². The third-order valence-electron chi connectivity index (χ3n) is 0.113. The Bertz CT molecular complexity index is 28.0. The summed E-state index contributed by atoms with van der Waals surface area (Å²) in [5.74, 6) is 0. The van der Waals surface area contributed by atoms with Crippen LogP contribution in [0, 0.1) is 0 Å². The molecule has 0 unspecified atom stereocenters. The quantitative estimate of drug-likeness (QED) is 0.549. The van der Waals surface area contributed by atoms with E-state index in [-0.39, 0.29) is 0 Å². The van der Waals surface area contributed by atoms with E-state index in [4.69, 9.17) is 0 Å². The van der Waals surface area contributed by atoms with Crippen molar-refractivity contribution in [1.82, 2.24) is 0 Å². The second kappa shape index (κ2) is 4.06. The fourth-order valence-corrected chi connectivity index (χ4v) is 0.287. The maximum atomic E-state index is 9.62. The van der Waals surface area contributed by atoms with Crippen LogP contribution in [0.15, 0.2) is 0 Å². The van der Waals surface area contributed by atoms with Crippen molar-refractivity contribution in [1.29, 1.82) is 0 Å². The van der Waals surface area contributed by atoms with E-state index in [0.29, 0.717) is 0 Å². The zero-order chi connectivity index (χ0) is 4.99. The molecule has 0 aliphatic heterocycles. The van der Waals surface area contributed by atoms with Crippen LogP contribution in [-0.4, -0.2) is 0 Å². The van der Waals surface area contributed by atoms with E-state index in [1.807, 2.05) is 0 Å². The molecule has 0 saturated heterocycles. The van der Waals surface area contributed by atoms with E-state index in [0.717, 1.165) is 0 Å². The van der Waals surface area contributed by atoms with Crippen LogP contribution in [0.5, 0.6) is 0 Å². The Hall–Kier alpha value is 0.890.